The fourth-order valence-corrected chi connectivity index (χ4v) is 5.52. The highest BCUT2D eigenvalue weighted by Crippen LogP contribution is 2.55. The molecular weight excluding hydrogens is 422 g/mol. The van der Waals surface area contributed by atoms with Gasteiger partial charge in [0.05, 0.1) is 17.4 Å². The first-order valence-electron chi connectivity index (χ1n) is 12.0. The van der Waals surface area contributed by atoms with Gasteiger partial charge in [0.2, 0.25) is 0 Å². The Balaban J connectivity index is 1.95. The summed E-state index contributed by atoms with van der Waals surface area (Å²) in [6.07, 6.45) is 0. The van der Waals surface area contributed by atoms with Crippen LogP contribution in [-0.4, -0.2) is 0 Å². The van der Waals surface area contributed by atoms with E-state index in [1.807, 2.05) is 30.3 Å². The molecule has 5 rings (SSSR count). The standard InChI is InChI=1S/C34H27N/c35-26-32(27-16-6-1-7-17-27)34(30-22-12-4-13-23-30,31-24-14-5-15-25-31)33(28-18-8-2-9-19-28)29-20-10-3-11-21-29/h1-25,32-33H/t32-/m1/s1. The Morgan fingerprint density at radius 1 is 0.429 bits per heavy atom. The largest absolute Gasteiger partial charge is 0.198 e. The second-order valence-corrected chi connectivity index (χ2v) is 8.83. The third-order valence-electron chi connectivity index (χ3n) is 6.94. The maximum absolute atomic E-state index is 10.9. The molecule has 0 heterocycles. The first kappa shape index (κ1) is 22.4. The molecule has 1 atom stereocenters. The third-order valence-corrected chi connectivity index (χ3v) is 6.94. The van der Waals surface area contributed by atoms with Crippen LogP contribution in [0.2, 0.25) is 0 Å². The Labute approximate surface area is 208 Å². The Hall–Kier alpha value is -4.41. The topological polar surface area (TPSA) is 23.8 Å². The first-order chi connectivity index (χ1) is 17.4. The molecule has 0 spiro atoms. The number of nitriles is 1. The van der Waals surface area contributed by atoms with Gasteiger partial charge in [-0.15, -0.1) is 0 Å². The quantitative estimate of drug-likeness (QED) is 0.246. The molecule has 0 N–H and O–H groups in total. The van der Waals surface area contributed by atoms with E-state index in [9.17, 15) is 5.26 Å². The molecule has 5 aromatic carbocycles. The molecule has 0 radical (unpaired) electrons. The SMILES string of the molecule is N#C[C@H](c1ccccc1)C(c1ccccc1)(c1ccccc1)C(c1ccccc1)c1ccccc1. The van der Waals surface area contributed by atoms with Gasteiger partial charge in [-0.2, -0.15) is 5.26 Å². The molecule has 0 amide bonds. The van der Waals surface area contributed by atoms with E-state index in [4.69, 9.17) is 0 Å². The van der Waals surface area contributed by atoms with Gasteiger partial charge in [-0.3, -0.25) is 0 Å². The number of hydrogen-bond acceptors (Lipinski definition) is 1. The lowest BCUT2D eigenvalue weighted by Gasteiger charge is -2.46. The van der Waals surface area contributed by atoms with E-state index in [1.54, 1.807) is 0 Å². The van der Waals surface area contributed by atoms with Crippen molar-refractivity contribution in [1.82, 2.24) is 0 Å². The van der Waals surface area contributed by atoms with Crippen molar-refractivity contribution in [3.05, 3.63) is 179 Å². The minimum Gasteiger partial charge on any atom is -0.198 e. The summed E-state index contributed by atoms with van der Waals surface area (Å²) in [6, 6.07) is 55.4. The lowest BCUT2D eigenvalue weighted by atomic mass is 9.54. The van der Waals surface area contributed by atoms with Gasteiger partial charge in [-0.05, 0) is 27.8 Å². The van der Waals surface area contributed by atoms with Crippen molar-refractivity contribution in [2.45, 2.75) is 17.3 Å². The van der Waals surface area contributed by atoms with Gasteiger partial charge >= 0.3 is 0 Å². The number of benzene rings is 5. The van der Waals surface area contributed by atoms with Crippen molar-refractivity contribution in [1.29, 1.82) is 5.26 Å². The van der Waals surface area contributed by atoms with E-state index in [-0.39, 0.29) is 5.92 Å². The molecular formula is C34H27N. The average molecular weight is 450 g/mol. The smallest absolute Gasteiger partial charge is 0.0859 e. The normalized spacial score (nSPS) is 12.1. The molecule has 0 aliphatic heterocycles. The second kappa shape index (κ2) is 10.2. The Morgan fingerprint density at radius 2 is 0.743 bits per heavy atom. The van der Waals surface area contributed by atoms with Crippen LogP contribution in [0.3, 0.4) is 0 Å². The molecule has 0 aromatic heterocycles. The van der Waals surface area contributed by atoms with Crippen LogP contribution in [0, 0.1) is 11.3 Å². The third kappa shape index (κ3) is 4.16. The zero-order valence-electron chi connectivity index (χ0n) is 19.5. The van der Waals surface area contributed by atoms with Crippen molar-refractivity contribution in [2.75, 3.05) is 0 Å². The summed E-state index contributed by atoms with van der Waals surface area (Å²) in [7, 11) is 0. The first-order valence-corrected chi connectivity index (χ1v) is 12.0. The summed E-state index contributed by atoms with van der Waals surface area (Å²) in [5.74, 6) is -0.529. The second-order valence-electron chi connectivity index (χ2n) is 8.83. The maximum Gasteiger partial charge on any atom is 0.0859 e. The van der Waals surface area contributed by atoms with Crippen molar-refractivity contribution < 1.29 is 0 Å². The molecule has 0 saturated carbocycles. The lowest BCUT2D eigenvalue weighted by Crippen LogP contribution is -2.41. The summed E-state index contributed by atoms with van der Waals surface area (Å²) in [6.45, 7) is 0. The molecule has 5 aromatic rings. The highest BCUT2D eigenvalue weighted by Gasteiger charge is 2.50. The van der Waals surface area contributed by atoms with Gasteiger partial charge in [0, 0.05) is 5.92 Å². The zero-order valence-corrected chi connectivity index (χ0v) is 19.5. The molecule has 0 unspecified atom stereocenters. The molecule has 168 valence electrons. The van der Waals surface area contributed by atoms with E-state index in [0.29, 0.717) is 0 Å². The van der Waals surface area contributed by atoms with Gasteiger partial charge in [0.1, 0.15) is 0 Å². The van der Waals surface area contributed by atoms with Crippen LogP contribution < -0.4 is 0 Å². The molecule has 0 aliphatic carbocycles. The lowest BCUT2D eigenvalue weighted by molar-refractivity contribution is 0.414. The van der Waals surface area contributed by atoms with E-state index >= 15 is 0 Å². The van der Waals surface area contributed by atoms with Gasteiger partial charge < -0.3 is 0 Å². The average Bonchev–Trinajstić information content (AvgIpc) is 2.95. The van der Waals surface area contributed by atoms with E-state index in [1.165, 1.54) is 11.1 Å². The van der Waals surface area contributed by atoms with Crippen molar-refractivity contribution in [3.8, 4) is 6.07 Å². The minimum atomic E-state index is -0.679. The zero-order chi connectivity index (χ0) is 23.9. The van der Waals surface area contributed by atoms with Crippen LogP contribution in [0.1, 0.15) is 39.7 Å². The van der Waals surface area contributed by atoms with E-state index < -0.39 is 11.3 Å². The summed E-state index contributed by atoms with van der Waals surface area (Å²) in [5, 5.41) is 10.9. The van der Waals surface area contributed by atoms with Crippen LogP contribution in [-0.2, 0) is 5.41 Å². The number of nitrogens with zero attached hydrogens (tertiary/aromatic N) is 1. The number of hydrogen-bond donors (Lipinski definition) is 0. The fourth-order valence-electron chi connectivity index (χ4n) is 5.52. The fraction of sp³-hybridized carbons (Fsp3) is 0.0882. The van der Waals surface area contributed by atoms with Gasteiger partial charge in [0.15, 0.2) is 0 Å². The molecule has 1 heteroatoms. The van der Waals surface area contributed by atoms with Gasteiger partial charge in [-0.25, -0.2) is 0 Å². The van der Waals surface area contributed by atoms with E-state index in [2.05, 4.69) is 127 Å². The summed E-state index contributed by atoms with van der Waals surface area (Å²) < 4.78 is 0. The Morgan fingerprint density at radius 3 is 1.09 bits per heavy atom. The van der Waals surface area contributed by atoms with E-state index in [0.717, 1.165) is 16.7 Å². The Kier molecular flexibility index (Phi) is 6.55. The molecule has 35 heavy (non-hydrogen) atoms. The van der Waals surface area contributed by atoms with Gasteiger partial charge in [-0.1, -0.05) is 152 Å². The van der Waals surface area contributed by atoms with Crippen molar-refractivity contribution >= 4 is 0 Å². The summed E-state index contributed by atoms with van der Waals surface area (Å²) in [5.41, 5.74) is 4.95. The summed E-state index contributed by atoms with van der Waals surface area (Å²) in [4.78, 5) is 0. The molecule has 0 fully saturated rings. The van der Waals surface area contributed by atoms with Crippen molar-refractivity contribution in [2.24, 2.45) is 0 Å². The predicted molar refractivity (Wildman–Crippen MR) is 143 cm³/mol. The van der Waals surface area contributed by atoms with Crippen LogP contribution in [0.5, 0.6) is 0 Å². The maximum atomic E-state index is 10.9. The van der Waals surface area contributed by atoms with Crippen LogP contribution >= 0.6 is 0 Å². The highest BCUT2D eigenvalue weighted by atomic mass is 14.5. The summed E-state index contributed by atoms with van der Waals surface area (Å²) >= 11 is 0. The molecule has 1 nitrogen and oxygen atoms in total. The minimum absolute atomic E-state index is 0.0976. The number of rotatable bonds is 7. The monoisotopic (exact) mass is 449 g/mol. The molecule has 0 aliphatic rings. The van der Waals surface area contributed by atoms with Gasteiger partial charge in [0.25, 0.3) is 0 Å². The van der Waals surface area contributed by atoms with Crippen LogP contribution in [0.4, 0.5) is 0 Å². The Bertz CT molecular complexity index is 1290. The van der Waals surface area contributed by atoms with Crippen molar-refractivity contribution in [3.63, 3.8) is 0 Å². The predicted octanol–water partition coefficient (Wildman–Crippen LogP) is 8.11. The van der Waals surface area contributed by atoms with Crippen LogP contribution in [0.25, 0.3) is 0 Å². The van der Waals surface area contributed by atoms with Crippen LogP contribution in [0.15, 0.2) is 152 Å². The molecule has 0 bridgehead atoms. The molecule has 0 saturated heterocycles. The highest BCUT2D eigenvalue weighted by molar-refractivity contribution is 5.55.